The number of rotatable bonds is 5. The van der Waals surface area contributed by atoms with Gasteiger partial charge in [-0.25, -0.2) is 5.01 Å². The largest absolute Gasteiger partial charge is 0.493 e. The summed E-state index contributed by atoms with van der Waals surface area (Å²) in [6.07, 6.45) is -3.82. The first-order valence-electron chi connectivity index (χ1n) is 8.18. The number of hydrazine groups is 1. The highest BCUT2D eigenvalue weighted by Gasteiger charge is 2.48. The molecule has 25 heavy (non-hydrogen) atoms. The van der Waals surface area contributed by atoms with Gasteiger partial charge >= 0.3 is 6.18 Å². The predicted octanol–water partition coefficient (Wildman–Crippen LogP) is 3.97. The van der Waals surface area contributed by atoms with Crippen molar-refractivity contribution in [3.63, 3.8) is 0 Å². The number of fused-ring (bicyclic) bond motifs is 1. The summed E-state index contributed by atoms with van der Waals surface area (Å²) >= 11 is 0. The molecule has 2 aromatic carbocycles. The van der Waals surface area contributed by atoms with Gasteiger partial charge in [-0.05, 0) is 29.3 Å². The molecule has 7 heteroatoms. The van der Waals surface area contributed by atoms with Crippen LogP contribution in [-0.4, -0.2) is 30.2 Å². The second-order valence-corrected chi connectivity index (χ2v) is 6.01. The molecular formula is C18H19F3N2O2. The zero-order valence-corrected chi connectivity index (χ0v) is 13.8. The quantitative estimate of drug-likeness (QED) is 0.885. The summed E-state index contributed by atoms with van der Waals surface area (Å²) in [7, 11) is 0. The molecule has 2 aromatic rings. The van der Waals surface area contributed by atoms with Gasteiger partial charge in [0.15, 0.2) is 6.04 Å². The van der Waals surface area contributed by atoms with E-state index in [9.17, 15) is 18.0 Å². The van der Waals surface area contributed by atoms with Gasteiger partial charge in [0.1, 0.15) is 5.75 Å². The van der Waals surface area contributed by atoms with Gasteiger partial charge in [0.25, 0.3) is 0 Å². The van der Waals surface area contributed by atoms with Crippen LogP contribution in [0.4, 0.5) is 13.2 Å². The second kappa shape index (κ2) is 6.92. The molecule has 4 nitrogen and oxygen atoms in total. The van der Waals surface area contributed by atoms with Crippen LogP contribution >= 0.6 is 0 Å². The van der Waals surface area contributed by atoms with E-state index in [0.717, 1.165) is 10.4 Å². The van der Waals surface area contributed by atoms with E-state index in [2.05, 4.69) is 5.43 Å². The summed E-state index contributed by atoms with van der Waals surface area (Å²) in [6.45, 7) is 2.22. The van der Waals surface area contributed by atoms with Crippen LogP contribution in [0.1, 0.15) is 31.4 Å². The minimum Gasteiger partial charge on any atom is -0.493 e. The number of nitrogens with zero attached hydrogens (tertiary/aromatic N) is 1. The number of ether oxygens (including phenoxy) is 1. The van der Waals surface area contributed by atoms with Crippen molar-refractivity contribution < 1.29 is 22.7 Å². The van der Waals surface area contributed by atoms with E-state index >= 15 is 0 Å². The Morgan fingerprint density at radius 3 is 2.48 bits per heavy atom. The van der Waals surface area contributed by atoms with Gasteiger partial charge in [-0.15, -0.1) is 0 Å². The van der Waals surface area contributed by atoms with E-state index in [1.54, 1.807) is 18.2 Å². The molecule has 134 valence electrons. The molecule has 1 saturated heterocycles. The molecule has 1 aliphatic heterocycles. The summed E-state index contributed by atoms with van der Waals surface area (Å²) in [5.41, 5.74) is 2.32. The Hall–Kier alpha value is -2.28. The maximum Gasteiger partial charge on any atom is 0.410 e. The number of benzene rings is 2. The van der Waals surface area contributed by atoms with Crippen molar-refractivity contribution in [2.24, 2.45) is 0 Å². The molecule has 3 rings (SSSR count). The Morgan fingerprint density at radius 1 is 1.24 bits per heavy atom. The standard InChI is InChI=1S/C18H19F3N2O2/c1-2-9-25-15-11-13-6-4-3-5-12(13)10-14(15)17(18(19,20)21)23-8-7-16(24)22-23/h3-6,10-11,17H,2,7-9H2,1H3,(H,22,24)/t17-/m0/s1. The predicted molar refractivity (Wildman–Crippen MR) is 88.0 cm³/mol. The Balaban J connectivity index is 2.12. The van der Waals surface area contributed by atoms with E-state index < -0.39 is 18.1 Å². The number of carbonyl (C=O) groups excluding carboxylic acids is 1. The van der Waals surface area contributed by atoms with Crippen LogP contribution in [0.3, 0.4) is 0 Å². The Morgan fingerprint density at radius 2 is 1.92 bits per heavy atom. The van der Waals surface area contributed by atoms with Crippen molar-refractivity contribution in [2.75, 3.05) is 13.2 Å². The average molecular weight is 352 g/mol. The molecule has 1 fully saturated rings. The highest BCUT2D eigenvalue weighted by atomic mass is 19.4. The van der Waals surface area contributed by atoms with Gasteiger partial charge in [-0.3, -0.25) is 10.2 Å². The normalized spacial score (nSPS) is 16.9. The first-order valence-corrected chi connectivity index (χ1v) is 8.18. The lowest BCUT2D eigenvalue weighted by Crippen LogP contribution is -2.43. The maximum absolute atomic E-state index is 13.8. The Kier molecular flexibility index (Phi) is 4.85. The summed E-state index contributed by atoms with van der Waals surface area (Å²) in [5.74, 6) is -0.213. The van der Waals surface area contributed by atoms with Crippen LogP contribution in [0.15, 0.2) is 36.4 Å². The molecule has 1 N–H and O–H groups in total. The first kappa shape index (κ1) is 17.5. The molecule has 0 unspecified atom stereocenters. The van der Waals surface area contributed by atoms with Gasteiger partial charge < -0.3 is 4.74 Å². The molecule has 0 bridgehead atoms. The summed E-state index contributed by atoms with van der Waals surface area (Å²) in [5, 5.41) is 2.45. The maximum atomic E-state index is 13.8. The lowest BCUT2D eigenvalue weighted by atomic mass is 9.99. The zero-order chi connectivity index (χ0) is 18.0. The molecule has 1 aliphatic rings. The van der Waals surface area contributed by atoms with Crippen LogP contribution in [-0.2, 0) is 4.79 Å². The van der Waals surface area contributed by atoms with Gasteiger partial charge in [0, 0.05) is 18.5 Å². The topological polar surface area (TPSA) is 41.6 Å². The van der Waals surface area contributed by atoms with E-state index in [-0.39, 0.29) is 24.3 Å². The fourth-order valence-electron chi connectivity index (χ4n) is 3.00. The fourth-order valence-corrected chi connectivity index (χ4v) is 3.00. The molecule has 1 atom stereocenters. The summed E-state index contributed by atoms with van der Waals surface area (Å²) in [4.78, 5) is 11.4. The van der Waals surface area contributed by atoms with Crippen molar-refractivity contribution in [2.45, 2.75) is 32.0 Å². The van der Waals surface area contributed by atoms with Crippen LogP contribution in [0, 0.1) is 0 Å². The van der Waals surface area contributed by atoms with E-state index in [4.69, 9.17) is 4.74 Å². The number of nitrogens with one attached hydrogen (secondary N) is 1. The van der Waals surface area contributed by atoms with Gasteiger partial charge in [0.2, 0.25) is 5.91 Å². The number of hydrogen-bond donors (Lipinski definition) is 1. The molecule has 1 amide bonds. The minimum atomic E-state index is -4.55. The molecule has 0 saturated carbocycles. The van der Waals surface area contributed by atoms with Crippen molar-refractivity contribution in [1.29, 1.82) is 0 Å². The SMILES string of the molecule is CCCOc1cc2ccccc2cc1[C@H](N1CCC(=O)N1)C(F)(F)F. The van der Waals surface area contributed by atoms with E-state index in [0.29, 0.717) is 18.4 Å². The van der Waals surface area contributed by atoms with Crippen molar-refractivity contribution in [1.82, 2.24) is 10.4 Å². The average Bonchev–Trinajstić information content (AvgIpc) is 2.97. The third-order valence-corrected chi connectivity index (χ3v) is 4.10. The molecule has 0 spiro atoms. The van der Waals surface area contributed by atoms with Crippen molar-refractivity contribution in [3.05, 3.63) is 42.0 Å². The van der Waals surface area contributed by atoms with Gasteiger partial charge in [-0.2, -0.15) is 13.2 Å². The number of halogens is 3. The smallest absolute Gasteiger partial charge is 0.410 e. The molecular weight excluding hydrogens is 333 g/mol. The van der Waals surface area contributed by atoms with Crippen LogP contribution in [0.25, 0.3) is 10.8 Å². The third kappa shape index (κ3) is 3.71. The summed E-state index contributed by atoms with van der Waals surface area (Å²) < 4.78 is 47.1. The Bertz CT molecular complexity index is 776. The highest BCUT2D eigenvalue weighted by molar-refractivity contribution is 5.85. The molecule has 0 radical (unpaired) electrons. The minimum absolute atomic E-state index is 0.00303. The number of alkyl halides is 3. The lowest BCUT2D eigenvalue weighted by molar-refractivity contribution is -0.191. The Labute approximate surface area is 143 Å². The van der Waals surface area contributed by atoms with Gasteiger partial charge in [-0.1, -0.05) is 31.2 Å². The second-order valence-electron chi connectivity index (χ2n) is 6.01. The first-order chi connectivity index (χ1) is 11.9. The van der Waals surface area contributed by atoms with Crippen LogP contribution in [0.5, 0.6) is 5.75 Å². The third-order valence-electron chi connectivity index (χ3n) is 4.10. The number of hydrogen-bond acceptors (Lipinski definition) is 3. The lowest BCUT2D eigenvalue weighted by Gasteiger charge is -2.30. The molecule has 1 heterocycles. The fraction of sp³-hybridized carbons (Fsp3) is 0.389. The number of carbonyl (C=O) groups is 1. The van der Waals surface area contributed by atoms with Crippen molar-refractivity contribution >= 4 is 16.7 Å². The highest BCUT2D eigenvalue weighted by Crippen LogP contribution is 2.43. The monoisotopic (exact) mass is 352 g/mol. The molecule has 0 aromatic heterocycles. The molecule has 0 aliphatic carbocycles. The van der Waals surface area contributed by atoms with E-state index in [1.807, 2.05) is 19.1 Å². The van der Waals surface area contributed by atoms with Gasteiger partial charge in [0.05, 0.1) is 6.61 Å². The number of amides is 1. The van der Waals surface area contributed by atoms with Crippen LogP contribution < -0.4 is 10.2 Å². The van der Waals surface area contributed by atoms with Crippen molar-refractivity contribution in [3.8, 4) is 5.75 Å². The van der Waals surface area contributed by atoms with E-state index in [1.165, 1.54) is 6.07 Å². The van der Waals surface area contributed by atoms with Crippen LogP contribution in [0.2, 0.25) is 0 Å². The zero-order valence-electron chi connectivity index (χ0n) is 13.8. The summed E-state index contributed by atoms with van der Waals surface area (Å²) in [6, 6.07) is 8.39.